The van der Waals surface area contributed by atoms with Gasteiger partial charge < -0.3 is 16.8 Å². The number of benzene rings is 1. The van der Waals surface area contributed by atoms with Crippen molar-refractivity contribution in [3.05, 3.63) is 53.9 Å². The van der Waals surface area contributed by atoms with Crippen molar-refractivity contribution >= 4 is 29.3 Å². The number of hydrogen-bond donors (Lipinski definition) is 3. The maximum absolute atomic E-state index is 6.02. The molecule has 2 aromatic heterocycles. The van der Waals surface area contributed by atoms with Crippen LogP contribution in [0.5, 0.6) is 0 Å². The number of nitrogens with two attached hydrogens (primary N) is 2. The first kappa shape index (κ1) is 21.0. The Labute approximate surface area is 182 Å². The van der Waals surface area contributed by atoms with Crippen LogP contribution in [0.3, 0.4) is 0 Å². The minimum Gasteiger partial charge on any atom is -0.368 e. The maximum Gasteiger partial charge on any atom is 0.220 e. The highest BCUT2D eigenvalue weighted by Crippen LogP contribution is 2.22. The molecule has 0 amide bonds. The van der Waals surface area contributed by atoms with E-state index in [-0.39, 0.29) is 11.9 Å². The second kappa shape index (κ2) is 9.26. The molecule has 162 valence electrons. The minimum absolute atomic E-state index is 0.0314. The van der Waals surface area contributed by atoms with Gasteiger partial charge in [-0.05, 0) is 56.4 Å². The minimum atomic E-state index is -0.0314. The summed E-state index contributed by atoms with van der Waals surface area (Å²) >= 11 is 0. The van der Waals surface area contributed by atoms with Crippen LogP contribution in [0.2, 0.25) is 0 Å². The average Bonchev–Trinajstić information content (AvgIpc) is 3.19. The van der Waals surface area contributed by atoms with Gasteiger partial charge in [0.1, 0.15) is 5.82 Å². The number of imidazole rings is 1. The van der Waals surface area contributed by atoms with Crippen LogP contribution in [0.25, 0.3) is 5.65 Å². The number of aromatic nitrogens is 3. The fourth-order valence-electron chi connectivity index (χ4n) is 3.86. The van der Waals surface area contributed by atoms with Gasteiger partial charge >= 0.3 is 0 Å². The second-order valence-corrected chi connectivity index (χ2v) is 8.25. The highest BCUT2D eigenvalue weighted by Gasteiger charge is 2.19. The van der Waals surface area contributed by atoms with E-state index >= 15 is 0 Å². The van der Waals surface area contributed by atoms with Gasteiger partial charge in [-0.25, -0.2) is 19.5 Å². The zero-order valence-corrected chi connectivity index (χ0v) is 18.1. The third-order valence-corrected chi connectivity index (χ3v) is 5.76. The first-order chi connectivity index (χ1) is 15.0. The summed E-state index contributed by atoms with van der Waals surface area (Å²) in [6, 6.07) is 12.5. The van der Waals surface area contributed by atoms with E-state index in [9.17, 15) is 0 Å². The molecule has 1 fully saturated rings. The topological polar surface area (TPSA) is 119 Å². The van der Waals surface area contributed by atoms with Gasteiger partial charge in [0.15, 0.2) is 5.65 Å². The molecule has 0 bridgehead atoms. The van der Waals surface area contributed by atoms with Gasteiger partial charge in [0.05, 0.1) is 17.6 Å². The zero-order chi connectivity index (χ0) is 21.8. The molecule has 1 atom stereocenters. The van der Waals surface area contributed by atoms with Crippen LogP contribution in [0, 0.1) is 6.92 Å². The molecule has 1 aliphatic rings. The molecule has 1 unspecified atom stereocenters. The summed E-state index contributed by atoms with van der Waals surface area (Å²) in [7, 11) is 0. The molecular weight excluding hydrogens is 388 g/mol. The van der Waals surface area contributed by atoms with Gasteiger partial charge in [-0.15, -0.1) is 5.10 Å². The van der Waals surface area contributed by atoms with Crippen molar-refractivity contribution in [2.75, 3.05) is 5.32 Å². The van der Waals surface area contributed by atoms with E-state index in [1.54, 1.807) is 6.21 Å². The van der Waals surface area contributed by atoms with Gasteiger partial charge in [0, 0.05) is 24.2 Å². The molecule has 1 saturated carbocycles. The molecule has 1 aliphatic carbocycles. The lowest BCUT2D eigenvalue weighted by molar-refractivity contribution is 0.410. The number of hydrogen-bond acceptors (Lipinski definition) is 5. The molecule has 31 heavy (non-hydrogen) atoms. The molecule has 8 heteroatoms. The number of para-hydroxylation sites is 1. The molecule has 4 rings (SSSR count). The van der Waals surface area contributed by atoms with Gasteiger partial charge in [0.25, 0.3) is 0 Å². The van der Waals surface area contributed by atoms with Crippen LogP contribution in [0.15, 0.2) is 52.6 Å². The molecule has 1 aromatic carbocycles. The third kappa shape index (κ3) is 5.08. The van der Waals surface area contributed by atoms with Crippen LogP contribution >= 0.6 is 0 Å². The number of rotatable bonds is 5. The van der Waals surface area contributed by atoms with Crippen molar-refractivity contribution in [3.8, 4) is 0 Å². The first-order valence-electron chi connectivity index (χ1n) is 10.8. The molecule has 5 N–H and O–H groups in total. The highest BCUT2D eigenvalue weighted by atomic mass is 15.3. The summed E-state index contributed by atoms with van der Waals surface area (Å²) in [5.74, 6) is 1.04. The number of nitrogens with one attached hydrogen (secondary N) is 1. The molecule has 2 heterocycles. The average molecular weight is 419 g/mol. The Kier molecular flexibility index (Phi) is 6.27. The summed E-state index contributed by atoms with van der Waals surface area (Å²) in [6.07, 6.45) is 7.85. The van der Waals surface area contributed by atoms with Crippen molar-refractivity contribution in [1.29, 1.82) is 0 Å². The lowest BCUT2D eigenvalue weighted by Gasteiger charge is -2.27. The van der Waals surface area contributed by atoms with E-state index in [1.165, 1.54) is 0 Å². The Morgan fingerprint density at radius 3 is 2.74 bits per heavy atom. The first-order valence-corrected chi connectivity index (χ1v) is 10.8. The lowest BCUT2D eigenvalue weighted by Crippen LogP contribution is -2.33. The van der Waals surface area contributed by atoms with Gasteiger partial charge in [-0.3, -0.25) is 0 Å². The predicted molar refractivity (Wildman–Crippen MR) is 126 cm³/mol. The SMILES string of the molecule is Cc1ccccc1N=C(N)N=CC(C)c1cnc2ccc(NC3CCC(N)CC3)nn12. The largest absolute Gasteiger partial charge is 0.368 e. The normalized spacial score (nSPS) is 20.9. The summed E-state index contributed by atoms with van der Waals surface area (Å²) in [5, 5.41) is 8.31. The molecule has 0 radical (unpaired) electrons. The van der Waals surface area contributed by atoms with Gasteiger partial charge in [-0.2, -0.15) is 0 Å². The zero-order valence-electron chi connectivity index (χ0n) is 18.1. The highest BCUT2D eigenvalue weighted by molar-refractivity contribution is 5.90. The van der Waals surface area contributed by atoms with Gasteiger partial charge in [0.2, 0.25) is 5.96 Å². The Bertz CT molecular complexity index is 1090. The summed E-state index contributed by atoms with van der Waals surface area (Å²) in [6.45, 7) is 4.04. The molecule has 0 spiro atoms. The quantitative estimate of drug-likeness (QED) is 0.432. The van der Waals surface area contributed by atoms with Crippen LogP contribution in [-0.4, -0.2) is 38.9 Å². The molecular formula is C23H30N8. The maximum atomic E-state index is 6.02. The smallest absolute Gasteiger partial charge is 0.220 e. The fraction of sp³-hybridized carbons (Fsp3) is 0.391. The molecule has 0 aliphatic heterocycles. The van der Waals surface area contributed by atoms with Crippen LogP contribution in [0.1, 0.15) is 49.8 Å². The monoisotopic (exact) mass is 418 g/mol. The summed E-state index contributed by atoms with van der Waals surface area (Å²) in [4.78, 5) is 13.2. The summed E-state index contributed by atoms with van der Waals surface area (Å²) < 4.78 is 1.86. The third-order valence-electron chi connectivity index (χ3n) is 5.76. The Morgan fingerprint density at radius 1 is 1.19 bits per heavy atom. The van der Waals surface area contributed by atoms with Crippen LogP contribution in [0.4, 0.5) is 11.5 Å². The number of fused-ring (bicyclic) bond motifs is 1. The van der Waals surface area contributed by atoms with E-state index < -0.39 is 0 Å². The number of guanidine groups is 1. The van der Waals surface area contributed by atoms with E-state index in [2.05, 4.69) is 20.3 Å². The predicted octanol–water partition coefficient (Wildman–Crippen LogP) is 3.54. The number of aliphatic imine (C=N–C) groups is 2. The number of anilines is 1. The van der Waals surface area contributed by atoms with E-state index in [4.69, 9.17) is 16.6 Å². The van der Waals surface area contributed by atoms with Gasteiger partial charge in [-0.1, -0.05) is 25.1 Å². The molecule has 8 nitrogen and oxygen atoms in total. The second-order valence-electron chi connectivity index (χ2n) is 8.25. The van der Waals surface area contributed by atoms with Crippen molar-refractivity contribution in [1.82, 2.24) is 14.6 Å². The lowest BCUT2D eigenvalue weighted by atomic mass is 9.92. The van der Waals surface area contributed by atoms with E-state index in [0.29, 0.717) is 12.1 Å². The van der Waals surface area contributed by atoms with Crippen molar-refractivity contribution < 1.29 is 0 Å². The fourth-order valence-corrected chi connectivity index (χ4v) is 3.86. The van der Waals surface area contributed by atoms with Crippen molar-refractivity contribution in [2.45, 2.75) is 57.5 Å². The van der Waals surface area contributed by atoms with E-state index in [1.807, 2.05) is 61.0 Å². The molecule has 0 saturated heterocycles. The van der Waals surface area contributed by atoms with Crippen molar-refractivity contribution in [3.63, 3.8) is 0 Å². The summed E-state index contributed by atoms with van der Waals surface area (Å²) in [5.41, 5.74) is 15.7. The van der Waals surface area contributed by atoms with E-state index in [0.717, 1.165) is 54.1 Å². The van der Waals surface area contributed by atoms with Crippen LogP contribution < -0.4 is 16.8 Å². The Balaban J connectivity index is 1.49. The van der Waals surface area contributed by atoms with Crippen molar-refractivity contribution in [2.24, 2.45) is 21.5 Å². The Morgan fingerprint density at radius 2 is 1.97 bits per heavy atom. The Hall–Kier alpha value is -3.26. The number of aryl methyl sites for hydroxylation is 1. The van der Waals surface area contributed by atoms with Crippen LogP contribution in [-0.2, 0) is 0 Å². The standard InChI is InChI=1S/C23H30N8/c1-15-5-3-4-6-19(15)29-23(25)27-13-16(2)20-14-26-22-12-11-21(30-31(20)22)28-18-9-7-17(24)8-10-18/h3-6,11-14,16-18H,7-10,24H2,1-2H3,(H2,25,29)(H,28,30). The number of nitrogens with zero attached hydrogens (tertiary/aromatic N) is 5. The molecule has 3 aromatic rings.